The van der Waals surface area contributed by atoms with Crippen LogP contribution >= 0.6 is 17.0 Å². The van der Waals surface area contributed by atoms with E-state index in [-0.39, 0.29) is 39.2 Å². The van der Waals surface area contributed by atoms with Crippen molar-refractivity contribution in [3.63, 3.8) is 0 Å². The third-order valence-corrected chi connectivity index (χ3v) is 9.90. The number of halogens is 1. The van der Waals surface area contributed by atoms with E-state index in [1.54, 1.807) is 47.8 Å². The Balaban J connectivity index is 0.00000336. The van der Waals surface area contributed by atoms with Gasteiger partial charge in [0.05, 0.1) is 23.7 Å². The van der Waals surface area contributed by atoms with Crippen molar-refractivity contribution < 1.29 is 17.9 Å². The molecule has 2 N–H and O–H groups in total. The van der Waals surface area contributed by atoms with Crippen molar-refractivity contribution in [2.24, 2.45) is 0 Å². The van der Waals surface area contributed by atoms with Crippen LogP contribution in [0.4, 0.5) is 5.69 Å². The molecule has 0 aromatic heterocycles. The monoisotopic (exact) mass is 599 g/mol. The van der Waals surface area contributed by atoms with Crippen molar-refractivity contribution in [3.8, 4) is 5.75 Å². The van der Waals surface area contributed by atoms with Crippen molar-refractivity contribution >= 4 is 38.6 Å². The number of ether oxygens (including phenoxy) is 1. The summed E-state index contributed by atoms with van der Waals surface area (Å²) in [4.78, 5) is 13.4. The molecule has 0 aliphatic carbocycles. The van der Waals surface area contributed by atoms with Crippen LogP contribution in [0.1, 0.15) is 46.8 Å². The van der Waals surface area contributed by atoms with Gasteiger partial charge in [-0.2, -0.15) is 0 Å². The van der Waals surface area contributed by atoms with E-state index < -0.39 is 10.0 Å². The van der Waals surface area contributed by atoms with Crippen molar-refractivity contribution in [2.45, 2.75) is 49.6 Å². The molecule has 2 aliphatic rings. The second-order valence-electron chi connectivity index (χ2n) is 9.90. The first-order chi connectivity index (χ1) is 17.8. The molecule has 2 aliphatic heterocycles. The van der Waals surface area contributed by atoms with Gasteiger partial charge in [0.15, 0.2) is 0 Å². The maximum Gasteiger partial charge on any atom is 0.264 e. The summed E-state index contributed by atoms with van der Waals surface area (Å²) in [6, 6.07) is 19.6. The molecule has 1 fully saturated rings. The molecule has 1 unspecified atom stereocenters. The number of carbonyl (C=O) groups is 1. The van der Waals surface area contributed by atoms with Crippen LogP contribution < -0.4 is 19.7 Å². The van der Waals surface area contributed by atoms with Gasteiger partial charge < -0.3 is 15.4 Å². The van der Waals surface area contributed by atoms with Gasteiger partial charge >= 0.3 is 0 Å². The summed E-state index contributed by atoms with van der Waals surface area (Å²) in [6.45, 7) is 6.04. The molecule has 3 aromatic carbocycles. The third kappa shape index (κ3) is 4.83. The van der Waals surface area contributed by atoms with Gasteiger partial charge in [0, 0.05) is 17.5 Å². The molecule has 1 atom stereocenters. The lowest BCUT2D eigenvalue weighted by Gasteiger charge is -2.40. The fourth-order valence-corrected chi connectivity index (χ4v) is 7.51. The quantitative estimate of drug-likeness (QED) is 0.428. The van der Waals surface area contributed by atoms with E-state index in [1.807, 2.05) is 44.2 Å². The SMILES string of the molecule is Br.COc1ccc(S(=O)(=O)N2c3ccc(C(=O)NCc4ccccc4C)cc3C3(CCNCC3)C2C)cc1. The number of anilines is 1. The number of fused-ring (bicyclic) bond motifs is 2. The van der Waals surface area contributed by atoms with Gasteiger partial charge in [-0.3, -0.25) is 9.10 Å². The van der Waals surface area contributed by atoms with Crippen LogP contribution in [-0.2, 0) is 22.0 Å². The summed E-state index contributed by atoms with van der Waals surface area (Å²) in [6.07, 6.45) is 1.59. The molecule has 1 spiro atoms. The predicted octanol–water partition coefficient (Wildman–Crippen LogP) is 4.73. The average Bonchev–Trinajstić information content (AvgIpc) is 3.15. The van der Waals surface area contributed by atoms with E-state index in [1.165, 1.54) is 0 Å². The molecular formula is C29H34BrN3O4S. The number of hydrogen-bond donors (Lipinski definition) is 2. The van der Waals surface area contributed by atoms with Crippen molar-refractivity contribution in [1.82, 2.24) is 10.6 Å². The molecule has 1 amide bonds. The summed E-state index contributed by atoms with van der Waals surface area (Å²) in [5.41, 5.74) is 3.95. The third-order valence-electron chi connectivity index (χ3n) is 8.00. The number of nitrogens with one attached hydrogen (secondary N) is 2. The van der Waals surface area contributed by atoms with Crippen LogP contribution in [0.25, 0.3) is 0 Å². The number of amides is 1. The molecule has 202 valence electrons. The van der Waals surface area contributed by atoms with Crippen LogP contribution in [0.3, 0.4) is 0 Å². The highest BCUT2D eigenvalue weighted by molar-refractivity contribution is 8.93. The Labute approximate surface area is 235 Å². The number of sulfonamides is 1. The molecule has 0 radical (unpaired) electrons. The normalized spacial score (nSPS) is 18.0. The first-order valence-corrected chi connectivity index (χ1v) is 14.1. The highest BCUT2D eigenvalue weighted by atomic mass is 79.9. The molecule has 7 nitrogen and oxygen atoms in total. The second-order valence-corrected chi connectivity index (χ2v) is 11.7. The number of methoxy groups -OCH3 is 1. The number of piperidine rings is 1. The van der Waals surface area contributed by atoms with Gasteiger partial charge in [-0.15, -0.1) is 17.0 Å². The smallest absolute Gasteiger partial charge is 0.264 e. The van der Waals surface area contributed by atoms with E-state index in [4.69, 9.17) is 4.74 Å². The first kappa shape index (κ1) is 28.1. The standard InChI is InChI=1S/C29H33N3O4S.BrH/c1-20-6-4-5-7-23(20)19-31-28(33)22-8-13-27-26(18-22)29(14-16-30-17-15-29)21(2)32(27)37(34,35)25-11-9-24(36-3)10-12-25;/h4-13,18,21,30H,14-17,19H2,1-3H3,(H,31,33);1H. The van der Waals surface area contributed by atoms with Gasteiger partial charge in [0.2, 0.25) is 0 Å². The maximum atomic E-state index is 13.9. The van der Waals surface area contributed by atoms with E-state index in [9.17, 15) is 13.2 Å². The lowest BCUT2D eigenvalue weighted by molar-refractivity contribution is 0.0950. The second kappa shape index (κ2) is 11.1. The average molecular weight is 601 g/mol. The van der Waals surface area contributed by atoms with Crippen LogP contribution in [0.2, 0.25) is 0 Å². The highest BCUT2D eigenvalue weighted by Gasteiger charge is 2.53. The van der Waals surface area contributed by atoms with Crippen molar-refractivity contribution in [3.05, 3.63) is 89.0 Å². The summed E-state index contributed by atoms with van der Waals surface area (Å²) in [5.74, 6) is 0.434. The Morgan fingerprint density at radius 2 is 1.76 bits per heavy atom. The predicted molar refractivity (Wildman–Crippen MR) is 155 cm³/mol. The van der Waals surface area contributed by atoms with Crippen LogP contribution in [-0.4, -0.2) is 40.6 Å². The van der Waals surface area contributed by atoms with Crippen molar-refractivity contribution in [1.29, 1.82) is 0 Å². The van der Waals surface area contributed by atoms with Crippen LogP contribution in [0, 0.1) is 6.92 Å². The Morgan fingerprint density at radius 3 is 2.42 bits per heavy atom. The first-order valence-electron chi connectivity index (χ1n) is 12.6. The lowest BCUT2D eigenvalue weighted by Crippen LogP contribution is -2.50. The zero-order chi connectivity index (χ0) is 26.2. The van der Waals surface area contributed by atoms with Crippen LogP contribution in [0.15, 0.2) is 71.6 Å². The molecule has 1 saturated heterocycles. The molecule has 3 aromatic rings. The number of hydrogen-bond acceptors (Lipinski definition) is 5. The Hall–Kier alpha value is -2.88. The van der Waals surface area contributed by atoms with Gasteiger partial charge in [0.1, 0.15) is 5.75 Å². The summed E-state index contributed by atoms with van der Waals surface area (Å²) < 4.78 is 34.6. The molecule has 2 heterocycles. The zero-order valence-corrected chi connectivity index (χ0v) is 24.4. The minimum Gasteiger partial charge on any atom is -0.497 e. The van der Waals surface area contributed by atoms with Crippen LogP contribution in [0.5, 0.6) is 5.75 Å². The van der Waals surface area contributed by atoms with Gasteiger partial charge in [-0.05, 0) is 98.9 Å². The molecule has 5 rings (SSSR count). The lowest BCUT2D eigenvalue weighted by atomic mass is 9.70. The highest BCUT2D eigenvalue weighted by Crippen LogP contribution is 2.52. The maximum absolute atomic E-state index is 13.9. The topological polar surface area (TPSA) is 87.7 Å². The minimum absolute atomic E-state index is 0. The summed E-state index contributed by atoms with van der Waals surface area (Å²) in [5, 5.41) is 6.44. The fraction of sp³-hybridized carbons (Fsp3) is 0.345. The minimum atomic E-state index is -3.83. The molecule has 0 bridgehead atoms. The Kier molecular flexibility index (Phi) is 8.20. The van der Waals surface area contributed by atoms with E-state index in [0.717, 1.165) is 42.6 Å². The Bertz CT molecular complexity index is 1420. The number of rotatable bonds is 6. The Morgan fingerprint density at radius 1 is 1.08 bits per heavy atom. The molecule has 0 saturated carbocycles. The molecule has 38 heavy (non-hydrogen) atoms. The zero-order valence-electron chi connectivity index (χ0n) is 21.9. The van der Waals surface area contributed by atoms with Gasteiger partial charge in [0.25, 0.3) is 15.9 Å². The number of nitrogens with zero attached hydrogens (tertiary/aromatic N) is 1. The number of benzene rings is 3. The molecule has 9 heteroatoms. The molecular weight excluding hydrogens is 566 g/mol. The largest absolute Gasteiger partial charge is 0.497 e. The number of aryl methyl sites for hydroxylation is 1. The summed E-state index contributed by atoms with van der Waals surface area (Å²) >= 11 is 0. The fourth-order valence-electron chi connectivity index (χ4n) is 5.77. The van der Waals surface area contributed by atoms with Gasteiger partial charge in [-0.25, -0.2) is 8.42 Å². The van der Waals surface area contributed by atoms with Crippen molar-refractivity contribution in [2.75, 3.05) is 24.5 Å². The van der Waals surface area contributed by atoms with E-state index in [2.05, 4.69) is 10.6 Å². The van der Waals surface area contributed by atoms with E-state index >= 15 is 0 Å². The number of carbonyl (C=O) groups excluding carboxylic acids is 1. The van der Waals surface area contributed by atoms with Gasteiger partial charge in [-0.1, -0.05) is 24.3 Å². The summed E-state index contributed by atoms with van der Waals surface area (Å²) in [7, 11) is -2.28. The van der Waals surface area contributed by atoms with E-state index in [0.29, 0.717) is 23.5 Å².